The van der Waals surface area contributed by atoms with Gasteiger partial charge >= 0.3 is 0 Å². The van der Waals surface area contributed by atoms with E-state index >= 15 is 0 Å². The van der Waals surface area contributed by atoms with Crippen LogP contribution in [0.4, 0.5) is 0 Å². The molecule has 0 bridgehead atoms. The zero-order valence-corrected chi connectivity index (χ0v) is 13.6. The summed E-state index contributed by atoms with van der Waals surface area (Å²) in [5.74, 6) is 1.73. The fourth-order valence-electron chi connectivity index (χ4n) is 3.11. The predicted octanol–water partition coefficient (Wildman–Crippen LogP) is 4.39. The largest absolute Gasteiger partial charge is 0.334 e. The molecule has 1 saturated heterocycles. The number of benzene rings is 1. The molecule has 1 aliphatic carbocycles. The predicted molar refractivity (Wildman–Crippen MR) is 86.3 cm³/mol. The lowest BCUT2D eigenvalue weighted by atomic mass is 9.96. The summed E-state index contributed by atoms with van der Waals surface area (Å²) < 4.78 is 5.41. The van der Waals surface area contributed by atoms with Gasteiger partial charge in [-0.2, -0.15) is 4.98 Å². The highest BCUT2D eigenvalue weighted by molar-refractivity contribution is 6.42. The molecule has 1 aromatic carbocycles. The summed E-state index contributed by atoms with van der Waals surface area (Å²) in [6.07, 6.45) is 4.95. The summed E-state index contributed by atoms with van der Waals surface area (Å²) in [7, 11) is 0. The number of rotatable bonds is 3. The van der Waals surface area contributed by atoms with E-state index in [9.17, 15) is 0 Å². The molecule has 4 nitrogen and oxygen atoms in total. The van der Waals surface area contributed by atoms with Crippen molar-refractivity contribution in [2.75, 3.05) is 13.1 Å². The topological polar surface area (TPSA) is 42.2 Å². The van der Waals surface area contributed by atoms with Crippen molar-refractivity contribution in [1.29, 1.82) is 0 Å². The van der Waals surface area contributed by atoms with Gasteiger partial charge in [-0.3, -0.25) is 0 Å². The van der Waals surface area contributed by atoms with Crippen molar-refractivity contribution in [3.8, 4) is 11.5 Å². The lowest BCUT2D eigenvalue weighted by molar-refractivity contribution is 0.199. The Morgan fingerprint density at radius 3 is 2.50 bits per heavy atom. The summed E-state index contributed by atoms with van der Waals surface area (Å²) in [4.78, 5) is 7.16. The molecule has 0 N–H and O–H groups in total. The number of piperidine rings is 1. The van der Waals surface area contributed by atoms with Crippen LogP contribution in [-0.2, 0) is 0 Å². The van der Waals surface area contributed by atoms with Crippen LogP contribution in [0.25, 0.3) is 11.5 Å². The van der Waals surface area contributed by atoms with E-state index in [0.29, 0.717) is 21.9 Å². The quantitative estimate of drug-likeness (QED) is 0.833. The molecule has 6 heteroatoms. The standard InChI is InChI=1S/C16H17Cl2N3O/c17-13-4-1-11(9-14(13)18)16-19-15(20-22-16)10-5-7-21(8-6-10)12-2-3-12/h1,4,9-10,12H,2-3,5-8H2. The van der Waals surface area contributed by atoms with Crippen LogP contribution in [0.2, 0.25) is 10.0 Å². The van der Waals surface area contributed by atoms with Gasteiger partial charge in [0.25, 0.3) is 5.89 Å². The lowest BCUT2D eigenvalue weighted by Gasteiger charge is -2.30. The molecule has 0 unspecified atom stereocenters. The van der Waals surface area contributed by atoms with E-state index in [2.05, 4.69) is 15.0 Å². The van der Waals surface area contributed by atoms with Crippen LogP contribution in [0.5, 0.6) is 0 Å². The van der Waals surface area contributed by atoms with Crippen LogP contribution in [0, 0.1) is 0 Å². The first-order chi connectivity index (χ1) is 10.7. The highest BCUT2D eigenvalue weighted by Crippen LogP contribution is 2.34. The Bertz CT molecular complexity index is 676. The Balaban J connectivity index is 1.48. The summed E-state index contributed by atoms with van der Waals surface area (Å²) in [6, 6.07) is 6.20. The van der Waals surface area contributed by atoms with E-state index in [4.69, 9.17) is 27.7 Å². The van der Waals surface area contributed by atoms with Crippen LogP contribution < -0.4 is 0 Å². The number of hydrogen-bond donors (Lipinski definition) is 0. The third kappa shape index (κ3) is 2.87. The number of halogens is 2. The molecule has 0 spiro atoms. The second kappa shape index (κ2) is 5.84. The molecule has 1 aromatic heterocycles. The third-order valence-electron chi connectivity index (χ3n) is 4.57. The molecule has 2 aromatic rings. The van der Waals surface area contributed by atoms with E-state index in [1.54, 1.807) is 12.1 Å². The molecule has 2 aliphatic rings. The fourth-order valence-corrected chi connectivity index (χ4v) is 3.41. The van der Waals surface area contributed by atoms with E-state index in [1.165, 1.54) is 12.8 Å². The van der Waals surface area contributed by atoms with Gasteiger partial charge in [0.05, 0.1) is 10.0 Å². The first-order valence-corrected chi connectivity index (χ1v) is 8.49. The molecule has 0 atom stereocenters. The maximum absolute atomic E-state index is 6.04. The second-order valence-corrected chi connectivity index (χ2v) is 6.94. The van der Waals surface area contributed by atoms with Gasteiger partial charge in [-0.25, -0.2) is 0 Å². The van der Waals surface area contributed by atoms with Crippen LogP contribution in [0.15, 0.2) is 22.7 Å². The SMILES string of the molecule is Clc1ccc(-c2nc(C3CCN(C4CC4)CC3)no2)cc1Cl. The molecule has 22 heavy (non-hydrogen) atoms. The van der Waals surface area contributed by atoms with Gasteiger partial charge in [-0.15, -0.1) is 0 Å². The monoisotopic (exact) mass is 337 g/mol. The van der Waals surface area contributed by atoms with Gasteiger partial charge in [-0.1, -0.05) is 28.4 Å². The molecule has 0 radical (unpaired) electrons. The average Bonchev–Trinajstić information content (AvgIpc) is 3.27. The first kappa shape index (κ1) is 14.5. The number of nitrogens with zero attached hydrogens (tertiary/aromatic N) is 3. The maximum Gasteiger partial charge on any atom is 0.257 e. The Labute approximate surface area is 139 Å². The number of hydrogen-bond acceptors (Lipinski definition) is 4. The Kier molecular flexibility index (Phi) is 3.84. The molecule has 0 amide bonds. The van der Waals surface area contributed by atoms with Gasteiger partial charge in [0.2, 0.25) is 0 Å². The van der Waals surface area contributed by atoms with Gasteiger partial charge < -0.3 is 9.42 Å². The number of likely N-dealkylation sites (tertiary alicyclic amines) is 1. The summed E-state index contributed by atoms with van der Waals surface area (Å²) in [5.41, 5.74) is 0.809. The van der Waals surface area contributed by atoms with Crippen molar-refractivity contribution < 1.29 is 4.52 Å². The first-order valence-electron chi connectivity index (χ1n) is 7.74. The van der Waals surface area contributed by atoms with Gasteiger partial charge in [0, 0.05) is 17.5 Å². The molecule has 1 aliphatic heterocycles. The fraction of sp³-hybridized carbons (Fsp3) is 0.500. The zero-order chi connectivity index (χ0) is 15.1. The van der Waals surface area contributed by atoms with Crippen molar-refractivity contribution in [2.45, 2.75) is 37.6 Å². The Morgan fingerprint density at radius 1 is 1.05 bits per heavy atom. The van der Waals surface area contributed by atoms with Crippen molar-refractivity contribution in [2.24, 2.45) is 0 Å². The maximum atomic E-state index is 6.04. The molecule has 116 valence electrons. The number of aromatic nitrogens is 2. The Hall–Kier alpha value is -1.10. The summed E-state index contributed by atoms with van der Waals surface area (Å²) in [6.45, 7) is 2.29. The molecular formula is C16H17Cl2N3O. The molecule has 4 rings (SSSR count). The average molecular weight is 338 g/mol. The molecule has 2 heterocycles. The normalized spacial score (nSPS) is 20.5. The zero-order valence-electron chi connectivity index (χ0n) is 12.1. The minimum Gasteiger partial charge on any atom is -0.334 e. The summed E-state index contributed by atoms with van der Waals surface area (Å²) >= 11 is 12.0. The smallest absolute Gasteiger partial charge is 0.257 e. The van der Waals surface area contributed by atoms with Crippen molar-refractivity contribution in [3.05, 3.63) is 34.1 Å². The van der Waals surface area contributed by atoms with Crippen LogP contribution in [0.3, 0.4) is 0 Å². The highest BCUT2D eigenvalue weighted by Gasteiger charge is 2.33. The van der Waals surface area contributed by atoms with Crippen LogP contribution in [-0.4, -0.2) is 34.2 Å². The lowest BCUT2D eigenvalue weighted by Crippen LogP contribution is -2.34. The third-order valence-corrected chi connectivity index (χ3v) is 5.31. The minimum absolute atomic E-state index is 0.398. The van der Waals surface area contributed by atoms with E-state index in [1.807, 2.05) is 6.07 Å². The minimum atomic E-state index is 0.398. The van der Waals surface area contributed by atoms with Crippen molar-refractivity contribution in [3.63, 3.8) is 0 Å². The van der Waals surface area contributed by atoms with E-state index < -0.39 is 0 Å². The molecule has 2 fully saturated rings. The van der Waals surface area contributed by atoms with E-state index in [-0.39, 0.29) is 0 Å². The van der Waals surface area contributed by atoms with Crippen LogP contribution >= 0.6 is 23.2 Å². The van der Waals surface area contributed by atoms with Crippen LogP contribution in [0.1, 0.15) is 37.4 Å². The highest BCUT2D eigenvalue weighted by atomic mass is 35.5. The second-order valence-electron chi connectivity index (χ2n) is 6.13. The van der Waals surface area contributed by atoms with Gasteiger partial charge in [0.1, 0.15) is 0 Å². The Morgan fingerprint density at radius 2 is 1.82 bits per heavy atom. The van der Waals surface area contributed by atoms with Gasteiger partial charge in [-0.05, 0) is 57.0 Å². The van der Waals surface area contributed by atoms with Crippen molar-refractivity contribution in [1.82, 2.24) is 15.0 Å². The van der Waals surface area contributed by atoms with Gasteiger partial charge in [0.15, 0.2) is 5.82 Å². The molecular weight excluding hydrogens is 321 g/mol. The van der Waals surface area contributed by atoms with E-state index in [0.717, 1.165) is 43.4 Å². The summed E-state index contributed by atoms with van der Waals surface area (Å²) in [5, 5.41) is 5.20. The molecule has 1 saturated carbocycles. The van der Waals surface area contributed by atoms with Crippen molar-refractivity contribution >= 4 is 23.2 Å².